The molecule has 0 atom stereocenters. The predicted octanol–water partition coefficient (Wildman–Crippen LogP) is 0.880. The van der Waals surface area contributed by atoms with Crippen LogP contribution in [0.2, 0.25) is 0 Å². The highest BCUT2D eigenvalue weighted by Crippen LogP contribution is 1.78. The molecule has 0 aliphatic heterocycles. The summed E-state index contributed by atoms with van der Waals surface area (Å²) in [4.78, 5) is 9.60. The molecule has 0 saturated heterocycles. The highest BCUT2D eigenvalue weighted by molar-refractivity contribution is 5.64. The van der Waals surface area contributed by atoms with Crippen LogP contribution in [0, 0.1) is 0 Å². The smallest absolute Gasteiger partial charge is 0.404 e. The van der Waals surface area contributed by atoms with Crippen molar-refractivity contribution >= 4 is 6.09 Å². The number of hydrogen-bond acceptors (Lipinski definition) is 3. The Kier molecular flexibility index (Phi) is 14.0. The van der Waals surface area contributed by atoms with Crippen LogP contribution < -0.4 is 5.73 Å². The molecule has 11 heavy (non-hydrogen) atoms. The molecule has 0 spiro atoms. The summed E-state index contributed by atoms with van der Waals surface area (Å²) >= 11 is 0. The Bertz CT molecular complexity index is 83.8. The molecule has 0 bridgehead atoms. The maximum Gasteiger partial charge on any atom is 0.404 e. The van der Waals surface area contributed by atoms with E-state index in [-0.39, 0.29) is 0 Å². The third-order valence-corrected chi connectivity index (χ3v) is 0.798. The number of unbranched alkanes of at least 4 members (excludes halogenated alkanes) is 1. The molecular weight excluding hydrogens is 146 g/mol. The summed E-state index contributed by atoms with van der Waals surface area (Å²) in [6.45, 7) is 4.45. The van der Waals surface area contributed by atoms with E-state index in [0.717, 1.165) is 12.8 Å². The first kappa shape index (κ1) is 12.9. The van der Waals surface area contributed by atoms with E-state index >= 15 is 0 Å². The number of hydrogen-bond donors (Lipinski definition) is 2. The molecule has 0 unspecified atom stereocenters. The average Bonchev–Trinajstić information content (AvgIpc) is 1.90. The first-order valence-corrected chi connectivity index (χ1v) is 3.72. The van der Waals surface area contributed by atoms with E-state index in [9.17, 15) is 4.79 Å². The summed E-state index contributed by atoms with van der Waals surface area (Å²) in [6, 6.07) is 0. The third-order valence-electron chi connectivity index (χ3n) is 0.798. The molecule has 0 aromatic rings. The molecular formula is C7H17NO3. The number of ether oxygens (including phenoxy) is 1. The third kappa shape index (κ3) is 27.0. The van der Waals surface area contributed by atoms with Gasteiger partial charge in [0.15, 0.2) is 0 Å². The number of aliphatic hydroxyl groups is 1. The normalized spacial score (nSPS) is 7.91. The molecule has 1 amide bonds. The van der Waals surface area contributed by atoms with Gasteiger partial charge in [-0.2, -0.15) is 0 Å². The summed E-state index contributed by atoms with van der Waals surface area (Å²) in [6.07, 6.45) is 1.33. The molecule has 0 fully saturated rings. The van der Waals surface area contributed by atoms with Crippen molar-refractivity contribution in [2.24, 2.45) is 5.73 Å². The zero-order chi connectivity index (χ0) is 9.11. The fourth-order valence-electron chi connectivity index (χ4n) is 0.300. The number of nitrogens with two attached hydrogens (primary N) is 1. The average molecular weight is 163 g/mol. The quantitative estimate of drug-likeness (QED) is 0.648. The Hall–Kier alpha value is -0.770. The van der Waals surface area contributed by atoms with Crippen molar-refractivity contribution in [2.45, 2.75) is 26.7 Å². The minimum atomic E-state index is -0.711. The molecule has 0 aromatic carbocycles. The minimum Gasteiger partial charge on any atom is -0.450 e. The van der Waals surface area contributed by atoms with Crippen LogP contribution in [0.1, 0.15) is 26.7 Å². The lowest BCUT2D eigenvalue weighted by Crippen LogP contribution is -2.11. The lowest BCUT2D eigenvalue weighted by atomic mass is 10.4. The molecule has 0 heterocycles. The van der Waals surface area contributed by atoms with Gasteiger partial charge in [0.1, 0.15) is 0 Å². The van der Waals surface area contributed by atoms with Gasteiger partial charge in [-0.05, 0) is 13.3 Å². The number of aliphatic hydroxyl groups excluding tert-OH is 1. The van der Waals surface area contributed by atoms with Crippen molar-refractivity contribution in [1.29, 1.82) is 0 Å². The van der Waals surface area contributed by atoms with Gasteiger partial charge in [-0.15, -0.1) is 0 Å². The van der Waals surface area contributed by atoms with Gasteiger partial charge in [0, 0.05) is 6.61 Å². The van der Waals surface area contributed by atoms with Crippen LogP contribution in [0.3, 0.4) is 0 Å². The van der Waals surface area contributed by atoms with Gasteiger partial charge in [0.25, 0.3) is 0 Å². The zero-order valence-corrected chi connectivity index (χ0v) is 7.17. The van der Waals surface area contributed by atoms with E-state index in [1.807, 2.05) is 0 Å². The van der Waals surface area contributed by atoms with Crippen molar-refractivity contribution in [1.82, 2.24) is 0 Å². The van der Waals surface area contributed by atoms with E-state index in [4.69, 9.17) is 5.11 Å². The summed E-state index contributed by atoms with van der Waals surface area (Å²) < 4.78 is 4.18. The molecule has 0 aliphatic rings. The van der Waals surface area contributed by atoms with Crippen molar-refractivity contribution < 1.29 is 14.6 Å². The molecule has 0 radical (unpaired) electrons. The molecule has 4 nitrogen and oxygen atoms in total. The SMILES string of the molecule is CCCCO.CCOC(N)=O. The topological polar surface area (TPSA) is 72.6 Å². The van der Waals surface area contributed by atoms with Gasteiger partial charge in [0.2, 0.25) is 0 Å². The van der Waals surface area contributed by atoms with Crippen LogP contribution in [-0.4, -0.2) is 24.4 Å². The second-order valence-corrected chi connectivity index (χ2v) is 1.83. The van der Waals surface area contributed by atoms with E-state index in [1.54, 1.807) is 6.92 Å². The summed E-state index contributed by atoms with van der Waals surface area (Å²) in [5.41, 5.74) is 4.54. The van der Waals surface area contributed by atoms with Crippen LogP contribution in [0.4, 0.5) is 4.79 Å². The fraction of sp³-hybridized carbons (Fsp3) is 0.857. The Balaban J connectivity index is 0. The van der Waals surface area contributed by atoms with E-state index in [0.29, 0.717) is 13.2 Å². The Morgan fingerprint density at radius 1 is 1.55 bits per heavy atom. The maximum absolute atomic E-state index is 9.60. The number of amides is 1. The first-order valence-electron chi connectivity index (χ1n) is 3.72. The number of carbonyl (C=O) groups is 1. The summed E-state index contributed by atoms with van der Waals surface area (Å²) in [5.74, 6) is 0. The van der Waals surface area contributed by atoms with Gasteiger partial charge in [-0.25, -0.2) is 4.79 Å². The van der Waals surface area contributed by atoms with E-state index < -0.39 is 6.09 Å². The largest absolute Gasteiger partial charge is 0.450 e. The van der Waals surface area contributed by atoms with Gasteiger partial charge in [-0.3, -0.25) is 0 Å². The monoisotopic (exact) mass is 163 g/mol. The van der Waals surface area contributed by atoms with Crippen LogP contribution in [-0.2, 0) is 4.74 Å². The van der Waals surface area contributed by atoms with Gasteiger partial charge < -0.3 is 15.6 Å². The van der Waals surface area contributed by atoms with Crippen molar-refractivity contribution in [3.8, 4) is 0 Å². The zero-order valence-electron chi connectivity index (χ0n) is 7.17. The van der Waals surface area contributed by atoms with Crippen LogP contribution in [0.25, 0.3) is 0 Å². The standard InChI is InChI=1S/C4H10O.C3H7NO2/c1-2-3-4-5;1-2-6-3(4)5/h5H,2-4H2,1H3;2H2,1H3,(H2,4,5). The summed E-state index contributed by atoms with van der Waals surface area (Å²) in [5, 5.41) is 8.07. The Labute approximate surface area is 67.3 Å². The number of primary amides is 1. The molecule has 68 valence electrons. The van der Waals surface area contributed by atoms with Crippen molar-refractivity contribution in [2.75, 3.05) is 13.2 Å². The van der Waals surface area contributed by atoms with E-state index in [2.05, 4.69) is 17.4 Å². The molecule has 0 rings (SSSR count). The molecule has 0 aliphatic carbocycles. The lowest BCUT2D eigenvalue weighted by Gasteiger charge is -1.89. The Morgan fingerprint density at radius 2 is 2.09 bits per heavy atom. The fourth-order valence-corrected chi connectivity index (χ4v) is 0.300. The lowest BCUT2D eigenvalue weighted by molar-refractivity contribution is 0.163. The molecule has 3 N–H and O–H groups in total. The highest BCUT2D eigenvalue weighted by Gasteiger charge is 1.82. The number of carbonyl (C=O) groups excluding carboxylic acids is 1. The second kappa shape index (κ2) is 12.0. The second-order valence-electron chi connectivity index (χ2n) is 1.83. The van der Waals surface area contributed by atoms with Crippen LogP contribution >= 0.6 is 0 Å². The maximum atomic E-state index is 9.60. The van der Waals surface area contributed by atoms with Gasteiger partial charge >= 0.3 is 6.09 Å². The van der Waals surface area contributed by atoms with Crippen molar-refractivity contribution in [3.05, 3.63) is 0 Å². The minimum absolute atomic E-state index is 0.344. The van der Waals surface area contributed by atoms with Crippen LogP contribution in [0.15, 0.2) is 0 Å². The van der Waals surface area contributed by atoms with Gasteiger partial charge in [-0.1, -0.05) is 13.3 Å². The van der Waals surface area contributed by atoms with E-state index in [1.165, 1.54) is 0 Å². The highest BCUT2D eigenvalue weighted by atomic mass is 16.5. The number of rotatable bonds is 3. The molecule has 4 heteroatoms. The molecule has 0 aromatic heterocycles. The first-order chi connectivity index (χ1) is 5.18. The Morgan fingerprint density at radius 3 is 2.09 bits per heavy atom. The van der Waals surface area contributed by atoms with Crippen LogP contribution in [0.5, 0.6) is 0 Å². The van der Waals surface area contributed by atoms with Crippen molar-refractivity contribution in [3.63, 3.8) is 0 Å². The molecule has 0 saturated carbocycles. The predicted molar refractivity (Wildman–Crippen MR) is 43.2 cm³/mol. The summed E-state index contributed by atoms with van der Waals surface area (Å²) in [7, 11) is 0. The van der Waals surface area contributed by atoms with Gasteiger partial charge in [0.05, 0.1) is 6.61 Å².